The maximum atomic E-state index is 12.4. The van der Waals surface area contributed by atoms with E-state index in [2.05, 4.69) is 25.3 Å². The van der Waals surface area contributed by atoms with Gasteiger partial charge in [0.2, 0.25) is 0 Å². The van der Waals surface area contributed by atoms with E-state index in [1.54, 1.807) is 29.7 Å². The summed E-state index contributed by atoms with van der Waals surface area (Å²) in [5, 5.41) is 15.1. The molecule has 2 aromatic rings. The van der Waals surface area contributed by atoms with Crippen molar-refractivity contribution in [1.29, 1.82) is 0 Å². The van der Waals surface area contributed by atoms with Gasteiger partial charge in [0.25, 0.3) is 11.8 Å². The van der Waals surface area contributed by atoms with E-state index in [1.807, 2.05) is 11.8 Å². The predicted octanol–water partition coefficient (Wildman–Crippen LogP) is -0.0693. The van der Waals surface area contributed by atoms with Gasteiger partial charge >= 0.3 is 0 Å². The van der Waals surface area contributed by atoms with Crippen molar-refractivity contribution in [1.82, 2.24) is 35.1 Å². The molecule has 0 N–H and O–H groups in total. The van der Waals surface area contributed by atoms with Gasteiger partial charge in [-0.05, 0) is 12.1 Å². The van der Waals surface area contributed by atoms with E-state index in [-0.39, 0.29) is 17.5 Å². The fourth-order valence-electron chi connectivity index (χ4n) is 2.39. The molecule has 0 radical (unpaired) electrons. The highest BCUT2D eigenvalue weighted by atomic mass is 32.2. The van der Waals surface area contributed by atoms with Crippen LogP contribution in [-0.2, 0) is 6.54 Å². The number of likely N-dealkylation sites (N-methyl/N-ethyl adjacent to an activating group) is 1. The summed E-state index contributed by atoms with van der Waals surface area (Å²) in [5.41, 5.74) is 0.975. The summed E-state index contributed by atoms with van der Waals surface area (Å²) >= 11 is 1.84. The third-order valence-corrected chi connectivity index (χ3v) is 4.86. The van der Waals surface area contributed by atoms with E-state index < -0.39 is 0 Å². The molecule has 25 heavy (non-hydrogen) atoms. The van der Waals surface area contributed by atoms with Crippen LogP contribution in [0.5, 0.6) is 0 Å². The van der Waals surface area contributed by atoms with Gasteiger partial charge < -0.3 is 9.80 Å². The molecule has 0 aromatic carbocycles. The third-order valence-electron chi connectivity index (χ3n) is 3.92. The van der Waals surface area contributed by atoms with E-state index in [4.69, 9.17) is 0 Å². The molecule has 1 aliphatic rings. The molecule has 2 amide bonds. The first-order valence-electron chi connectivity index (χ1n) is 7.88. The summed E-state index contributed by atoms with van der Waals surface area (Å²) in [6.45, 7) is 3.94. The molecule has 2 aromatic heterocycles. The fourth-order valence-corrected chi connectivity index (χ4v) is 3.30. The average molecular weight is 365 g/mol. The van der Waals surface area contributed by atoms with Gasteiger partial charge in [-0.25, -0.2) is 9.31 Å². The molecular weight excluding hydrogens is 346 g/mol. The van der Waals surface area contributed by atoms with Crippen molar-refractivity contribution in [3.05, 3.63) is 23.3 Å². The number of hydrogen-bond acceptors (Lipinski definition) is 8. The molecule has 3 heterocycles. The van der Waals surface area contributed by atoms with Gasteiger partial charge in [0.05, 0.1) is 12.7 Å². The highest BCUT2D eigenvalue weighted by Crippen LogP contribution is 2.12. The van der Waals surface area contributed by atoms with Crippen molar-refractivity contribution in [2.75, 3.05) is 38.2 Å². The number of carbonyl (C=O) groups excluding carboxylic acids is 2. The molecule has 11 heteroatoms. The topological polar surface area (TPSA) is 110 Å². The molecular formula is C14H19N7O3S. The summed E-state index contributed by atoms with van der Waals surface area (Å²) in [4.78, 5) is 27.9. The first-order chi connectivity index (χ1) is 12.1. The highest BCUT2D eigenvalue weighted by molar-refractivity contribution is 7.99. The molecule has 10 nitrogen and oxygen atoms in total. The van der Waals surface area contributed by atoms with Crippen LogP contribution >= 0.6 is 11.8 Å². The van der Waals surface area contributed by atoms with E-state index in [9.17, 15) is 9.59 Å². The molecule has 0 unspecified atom stereocenters. The van der Waals surface area contributed by atoms with Gasteiger partial charge in [0.15, 0.2) is 11.4 Å². The minimum Gasteiger partial charge on any atom is -0.338 e. The Hall–Kier alpha value is -2.43. The van der Waals surface area contributed by atoms with Gasteiger partial charge in [-0.2, -0.15) is 11.8 Å². The summed E-state index contributed by atoms with van der Waals surface area (Å²) in [6, 6.07) is 0. The molecule has 0 saturated carbocycles. The molecule has 0 atom stereocenters. The lowest BCUT2D eigenvalue weighted by Gasteiger charge is -2.25. The van der Waals surface area contributed by atoms with Gasteiger partial charge in [-0.15, -0.1) is 5.10 Å². The Bertz CT molecular complexity index is 753. The van der Waals surface area contributed by atoms with Crippen molar-refractivity contribution in [2.45, 2.75) is 13.5 Å². The van der Waals surface area contributed by atoms with Crippen molar-refractivity contribution < 1.29 is 14.2 Å². The Kier molecular flexibility index (Phi) is 5.31. The SMILES string of the molecule is Cc1nonc1C(=O)N(C)CCn1cc(C(=O)N2CCSCC2)nn1. The zero-order valence-electron chi connectivity index (χ0n) is 14.1. The Morgan fingerprint density at radius 2 is 2.08 bits per heavy atom. The van der Waals surface area contributed by atoms with E-state index >= 15 is 0 Å². The number of thioether (sulfide) groups is 1. The Labute approximate surface area is 148 Å². The Balaban J connectivity index is 1.55. The standard InChI is InChI=1S/C14H19N7O3S/c1-10-12(17-24-16-10)14(23)19(2)3-4-21-9-11(15-18-21)13(22)20-5-7-25-8-6-20/h9H,3-8H2,1-2H3. The van der Waals surface area contributed by atoms with E-state index in [0.717, 1.165) is 24.6 Å². The minimum absolute atomic E-state index is 0.0970. The van der Waals surface area contributed by atoms with Crippen LogP contribution in [0.1, 0.15) is 26.7 Å². The van der Waals surface area contributed by atoms with Crippen LogP contribution in [0.4, 0.5) is 0 Å². The summed E-state index contributed by atoms with van der Waals surface area (Å²) in [7, 11) is 1.66. The van der Waals surface area contributed by atoms with Gasteiger partial charge in [0, 0.05) is 38.2 Å². The summed E-state index contributed by atoms with van der Waals surface area (Å²) < 4.78 is 6.11. The lowest BCUT2D eigenvalue weighted by Crippen LogP contribution is -2.38. The number of aryl methyl sites for hydroxylation is 1. The number of carbonyl (C=O) groups is 2. The minimum atomic E-state index is -0.277. The number of aromatic nitrogens is 5. The lowest BCUT2D eigenvalue weighted by atomic mass is 10.3. The molecule has 0 spiro atoms. The van der Waals surface area contributed by atoms with E-state index in [0.29, 0.717) is 24.5 Å². The predicted molar refractivity (Wildman–Crippen MR) is 89.2 cm³/mol. The molecule has 1 aliphatic heterocycles. The van der Waals surface area contributed by atoms with Gasteiger partial charge in [-0.1, -0.05) is 10.4 Å². The third kappa shape index (κ3) is 3.98. The van der Waals surface area contributed by atoms with E-state index in [1.165, 1.54) is 4.90 Å². The van der Waals surface area contributed by atoms with Crippen molar-refractivity contribution in [3.8, 4) is 0 Å². The van der Waals surface area contributed by atoms with Crippen LogP contribution in [0.3, 0.4) is 0 Å². The van der Waals surface area contributed by atoms with Crippen LogP contribution < -0.4 is 0 Å². The Morgan fingerprint density at radius 1 is 1.32 bits per heavy atom. The van der Waals surface area contributed by atoms with Crippen molar-refractivity contribution in [2.24, 2.45) is 0 Å². The summed E-state index contributed by atoms with van der Waals surface area (Å²) in [5.74, 6) is 1.52. The lowest BCUT2D eigenvalue weighted by molar-refractivity contribution is 0.0761. The Morgan fingerprint density at radius 3 is 2.76 bits per heavy atom. The van der Waals surface area contributed by atoms with Gasteiger partial charge in [0.1, 0.15) is 5.69 Å². The first kappa shape index (κ1) is 17.4. The van der Waals surface area contributed by atoms with Crippen molar-refractivity contribution in [3.63, 3.8) is 0 Å². The molecule has 0 bridgehead atoms. The zero-order valence-corrected chi connectivity index (χ0v) is 14.9. The molecule has 0 aliphatic carbocycles. The monoisotopic (exact) mass is 365 g/mol. The quantitative estimate of drug-likeness (QED) is 0.724. The second-order valence-corrected chi connectivity index (χ2v) is 6.92. The average Bonchev–Trinajstić information content (AvgIpc) is 3.28. The van der Waals surface area contributed by atoms with Crippen LogP contribution in [0.25, 0.3) is 0 Å². The smallest absolute Gasteiger partial charge is 0.277 e. The highest BCUT2D eigenvalue weighted by Gasteiger charge is 2.22. The normalized spacial score (nSPS) is 14.6. The first-order valence-corrected chi connectivity index (χ1v) is 9.03. The van der Waals surface area contributed by atoms with Gasteiger partial charge in [-0.3, -0.25) is 9.59 Å². The van der Waals surface area contributed by atoms with Crippen LogP contribution in [-0.4, -0.2) is 85.1 Å². The second kappa shape index (κ2) is 7.64. The number of rotatable bonds is 5. The fraction of sp³-hybridized carbons (Fsp3) is 0.571. The van der Waals surface area contributed by atoms with Crippen molar-refractivity contribution >= 4 is 23.6 Å². The maximum Gasteiger partial charge on any atom is 0.277 e. The number of nitrogens with zero attached hydrogens (tertiary/aromatic N) is 7. The molecule has 1 fully saturated rings. The largest absolute Gasteiger partial charge is 0.338 e. The molecule has 3 rings (SSSR count). The maximum absolute atomic E-state index is 12.4. The molecule has 1 saturated heterocycles. The number of amides is 2. The van der Waals surface area contributed by atoms with Crippen LogP contribution in [0.15, 0.2) is 10.8 Å². The summed E-state index contributed by atoms with van der Waals surface area (Å²) in [6.07, 6.45) is 1.62. The zero-order chi connectivity index (χ0) is 17.8. The second-order valence-electron chi connectivity index (χ2n) is 5.70. The van der Waals surface area contributed by atoms with Crippen LogP contribution in [0.2, 0.25) is 0 Å². The van der Waals surface area contributed by atoms with Crippen LogP contribution in [0, 0.1) is 6.92 Å². The number of hydrogen-bond donors (Lipinski definition) is 0. The molecule has 134 valence electrons.